The number of aromatic nitrogens is 4. The summed E-state index contributed by atoms with van der Waals surface area (Å²) >= 11 is 0. The lowest BCUT2D eigenvalue weighted by atomic mass is 10.2. The molecule has 0 saturated carbocycles. The first-order valence-corrected chi connectivity index (χ1v) is 9.21. The molecule has 0 bridgehead atoms. The highest BCUT2D eigenvalue weighted by atomic mass is 16.2. The minimum absolute atomic E-state index is 0.0493. The molecule has 0 radical (unpaired) electrons. The van der Waals surface area contributed by atoms with E-state index in [2.05, 4.69) is 10.4 Å². The predicted molar refractivity (Wildman–Crippen MR) is 102 cm³/mol. The molecule has 3 heterocycles. The summed E-state index contributed by atoms with van der Waals surface area (Å²) in [7, 11) is 3.52. The van der Waals surface area contributed by atoms with Gasteiger partial charge in [-0.2, -0.15) is 5.10 Å². The molecule has 0 unspecified atom stereocenters. The third-order valence-corrected chi connectivity index (χ3v) is 5.38. The van der Waals surface area contributed by atoms with Crippen LogP contribution < -0.4 is 11.0 Å². The van der Waals surface area contributed by atoms with Gasteiger partial charge in [0.05, 0.1) is 23.6 Å². The molecule has 27 heavy (non-hydrogen) atoms. The van der Waals surface area contributed by atoms with Crippen LogP contribution in [0, 0.1) is 0 Å². The number of hydrogen-bond donors (Lipinski definition) is 1. The lowest BCUT2D eigenvalue weighted by Gasteiger charge is -2.25. The van der Waals surface area contributed by atoms with E-state index in [0.29, 0.717) is 6.54 Å². The zero-order valence-electron chi connectivity index (χ0n) is 15.6. The van der Waals surface area contributed by atoms with Crippen molar-refractivity contribution in [3.63, 3.8) is 0 Å². The van der Waals surface area contributed by atoms with Crippen molar-refractivity contribution in [2.24, 2.45) is 14.1 Å². The highest BCUT2D eigenvalue weighted by molar-refractivity contribution is 5.78. The Morgan fingerprint density at radius 3 is 2.85 bits per heavy atom. The normalized spacial score (nSPS) is 17.0. The lowest BCUT2D eigenvalue weighted by molar-refractivity contribution is 0.185. The highest BCUT2D eigenvalue weighted by Crippen LogP contribution is 2.19. The van der Waals surface area contributed by atoms with Gasteiger partial charge in [-0.1, -0.05) is 6.07 Å². The number of rotatable bonds is 4. The smallest absolute Gasteiger partial charge is 0.328 e. The number of fused-ring (bicyclic) bond motifs is 1. The van der Waals surface area contributed by atoms with Crippen molar-refractivity contribution in [1.29, 1.82) is 0 Å². The van der Waals surface area contributed by atoms with E-state index in [1.54, 1.807) is 29.4 Å². The Balaban J connectivity index is 1.43. The summed E-state index contributed by atoms with van der Waals surface area (Å²) < 4.78 is 5.13. The first-order chi connectivity index (χ1) is 13.0. The zero-order chi connectivity index (χ0) is 19.0. The van der Waals surface area contributed by atoms with E-state index >= 15 is 0 Å². The van der Waals surface area contributed by atoms with E-state index in [4.69, 9.17) is 0 Å². The second-order valence-electron chi connectivity index (χ2n) is 7.10. The number of benzene rings is 1. The second-order valence-corrected chi connectivity index (χ2v) is 7.10. The second kappa shape index (κ2) is 6.94. The Morgan fingerprint density at radius 1 is 1.26 bits per heavy atom. The standard InChI is InChI=1S/C19H24N6O2/c1-22-16-7-6-14(11-17(16)23(2)19(22)27)12-20-18(26)25-10-3-5-15(25)13-24-9-4-8-21-24/h4,6-9,11,15H,3,5,10,12-13H2,1-2H3,(H,20,26)/t15-/m1/s1. The Hall–Kier alpha value is -3.03. The van der Waals surface area contributed by atoms with Gasteiger partial charge in [0.2, 0.25) is 0 Å². The molecule has 1 aliphatic rings. The molecule has 8 heteroatoms. The molecule has 2 amide bonds. The number of nitrogens with zero attached hydrogens (tertiary/aromatic N) is 5. The fourth-order valence-corrected chi connectivity index (χ4v) is 3.86. The van der Waals surface area contributed by atoms with E-state index < -0.39 is 0 Å². The number of carbonyl (C=O) groups excluding carboxylic acids is 1. The number of likely N-dealkylation sites (tertiary alicyclic amines) is 1. The third-order valence-electron chi connectivity index (χ3n) is 5.38. The van der Waals surface area contributed by atoms with Crippen LogP contribution in [0.25, 0.3) is 11.0 Å². The van der Waals surface area contributed by atoms with Crippen molar-refractivity contribution < 1.29 is 4.79 Å². The summed E-state index contributed by atoms with van der Waals surface area (Å²) in [6, 6.07) is 7.85. The summed E-state index contributed by atoms with van der Waals surface area (Å²) in [5, 5.41) is 7.26. The lowest BCUT2D eigenvalue weighted by Crippen LogP contribution is -2.44. The molecule has 1 atom stereocenters. The van der Waals surface area contributed by atoms with Crippen molar-refractivity contribution >= 4 is 17.1 Å². The van der Waals surface area contributed by atoms with E-state index in [0.717, 1.165) is 42.5 Å². The van der Waals surface area contributed by atoms with Gasteiger partial charge in [-0.3, -0.25) is 13.8 Å². The summed E-state index contributed by atoms with van der Waals surface area (Å²) in [4.78, 5) is 26.6. The first-order valence-electron chi connectivity index (χ1n) is 9.21. The largest absolute Gasteiger partial charge is 0.334 e. The maximum absolute atomic E-state index is 12.7. The molecule has 1 N–H and O–H groups in total. The van der Waals surface area contributed by atoms with Crippen molar-refractivity contribution in [1.82, 2.24) is 29.1 Å². The Labute approximate surface area is 157 Å². The van der Waals surface area contributed by atoms with E-state index in [-0.39, 0.29) is 17.8 Å². The first kappa shape index (κ1) is 17.4. The van der Waals surface area contributed by atoms with Crippen LogP contribution in [-0.2, 0) is 27.2 Å². The van der Waals surface area contributed by atoms with E-state index in [1.165, 1.54) is 0 Å². The third kappa shape index (κ3) is 3.22. The monoisotopic (exact) mass is 368 g/mol. The topological polar surface area (TPSA) is 77.1 Å². The van der Waals surface area contributed by atoms with E-state index in [9.17, 15) is 9.59 Å². The molecule has 2 aromatic heterocycles. The summed E-state index contributed by atoms with van der Waals surface area (Å²) in [5.74, 6) is 0. The quantitative estimate of drug-likeness (QED) is 0.757. The molecule has 0 aliphatic carbocycles. The van der Waals surface area contributed by atoms with Crippen LogP contribution in [0.15, 0.2) is 41.5 Å². The van der Waals surface area contributed by atoms with Crippen LogP contribution in [0.1, 0.15) is 18.4 Å². The highest BCUT2D eigenvalue weighted by Gasteiger charge is 2.28. The molecular weight excluding hydrogens is 344 g/mol. The maximum atomic E-state index is 12.7. The average Bonchev–Trinajstić information content (AvgIpc) is 3.40. The van der Waals surface area contributed by atoms with Crippen LogP contribution in [0.5, 0.6) is 0 Å². The molecular formula is C19H24N6O2. The van der Waals surface area contributed by atoms with Crippen LogP contribution in [0.4, 0.5) is 4.79 Å². The zero-order valence-corrected chi connectivity index (χ0v) is 15.6. The summed E-state index contributed by atoms with van der Waals surface area (Å²) in [6.07, 6.45) is 5.68. The van der Waals surface area contributed by atoms with Crippen LogP contribution in [0.3, 0.4) is 0 Å². The van der Waals surface area contributed by atoms with Crippen LogP contribution in [-0.4, -0.2) is 42.4 Å². The molecule has 4 rings (SSSR count). The van der Waals surface area contributed by atoms with E-state index in [1.807, 2.05) is 40.0 Å². The SMILES string of the molecule is Cn1c(=O)n(C)c2cc(CNC(=O)N3CCC[C@@H]3Cn3cccn3)ccc21. The molecule has 3 aromatic rings. The molecule has 1 saturated heterocycles. The molecule has 0 spiro atoms. The Morgan fingerprint density at radius 2 is 2.07 bits per heavy atom. The number of aryl methyl sites for hydroxylation is 2. The van der Waals surface area contributed by atoms with Gasteiger partial charge in [0, 0.05) is 39.6 Å². The molecule has 1 fully saturated rings. The number of carbonyl (C=O) groups is 1. The molecule has 8 nitrogen and oxygen atoms in total. The average molecular weight is 368 g/mol. The molecule has 1 aromatic carbocycles. The number of amides is 2. The van der Waals surface area contributed by atoms with Crippen molar-refractivity contribution in [3.8, 4) is 0 Å². The van der Waals surface area contributed by atoms with Crippen molar-refractivity contribution in [2.75, 3.05) is 6.54 Å². The predicted octanol–water partition coefficient (Wildman–Crippen LogP) is 1.45. The fraction of sp³-hybridized carbons (Fsp3) is 0.421. The van der Waals surface area contributed by atoms with Gasteiger partial charge in [-0.25, -0.2) is 9.59 Å². The van der Waals surface area contributed by atoms with Gasteiger partial charge in [-0.15, -0.1) is 0 Å². The van der Waals surface area contributed by atoms with Gasteiger partial charge in [0.1, 0.15) is 0 Å². The number of imidazole rings is 1. The van der Waals surface area contributed by atoms with Crippen LogP contribution >= 0.6 is 0 Å². The van der Waals surface area contributed by atoms with Gasteiger partial charge in [-0.05, 0) is 36.6 Å². The maximum Gasteiger partial charge on any atom is 0.328 e. The fourth-order valence-electron chi connectivity index (χ4n) is 3.86. The van der Waals surface area contributed by atoms with Crippen LogP contribution in [0.2, 0.25) is 0 Å². The van der Waals surface area contributed by atoms with Gasteiger partial charge in [0.25, 0.3) is 0 Å². The summed E-state index contributed by atoms with van der Waals surface area (Å²) in [5.41, 5.74) is 2.67. The minimum atomic E-state index is -0.0512. The van der Waals surface area contributed by atoms with Crippen molar-refractivity contribution in [3.05, 3.63) is 52.7 Å². The van der Waals surface area contributed by atoms with Gasteiger partial charge >= 0.3 is 11.7 Å². The van der Waals surface area contributed by atoms with Crippen molar-refractivity contribution in [2.45, 2.75) is 32.0 Å². The summed E-state index contributed by atoms with van der Waals surface area (Å²) in [6.45, 7) is 1.92. The molecule has 1 aliphatic heterocycles. The van der Waals surface area contributed by atoms with Gasteiger partial charge < -0.3 is 10.2 Å². The number of hydrogen-bond acceptors (Lipinski definition) is 3. The molecule has 142 valence electrons. The number of urea groups is 1. The Bertz CT molecular complexity index is 1020. The minimum Gasteiger partial charge on any atom is -0.334 e. The Kier molecular flexibility index (Phi) is 4.47. The number of nitrogens with one attached hydrogen (secondary N) is 1. The van der Waals surface area contributed by atoms with Gasteiger partial charge in [0.15, 0.2) is 0 Å².